The lowest BCUT2D eigenvalue weighted by Crippen LogP contribution is -2.53. The van der Waals surface area contributed by atoms with Crippen LogP contribution in [0.4, 0.5) is 0 Å². The maximum absolute atomic E-state index is 13.1. The minimum atomic E-state index is -1.09. The van der Waals surface area contributed by atoms with Crippen molar-refractivity contribution in [3.63, 3.8) is 0 Å². The van der Waals surface area contributed by atoms with Gasteiger partial charge in [0.2, 0.25) is 18.2 Å². The van der Waals surface area contributed by atoms with Crippen molar-refractivity contribution in [1.82, 2.24) is 15.1 Å². The zero-order valence-corrected chi connectivity index (χ0v) is 18.2. The maximum atomic E-state index is 13.1. The Hall–Kier alpha value is -3.27. The number of carbonyl (C=O) groups is 5. The SMILES string of the molecule is Cc1ccc(C(=O)N(C=O)C2CCC(=O)NC2=O)c(OCC(=O)N2CC[C@H](N)[C@@H](C)C2)c1. The number of nitrogens with zero attached hydrogens (tertiary/aromatic N) is 2. The Balaban J connectivity index is 1.74. The number of benzene rings is 1. The highest BCUT2D eigenvalue weighted by Crippen LogP contribution is 2.24. The number of amides is 5. The molecule has 10 heteroatoms. The second-order valence-electron chi connectivity index (χ2n) is 8.34. The molecule has 2 aliphatic rings. The first kappa shape index (κ1) is 23.4. The van der Waals surface area contributed by atoms with E-state index in [1.165, 1.54) is 6.07 Å². The number of hydrogen-bond acceptors (Lipinski definition) is 7. The zero-order valence-electron chi connectivity index (χ0n) is 18.2. The number of nitrogens with two attached hydrogens (primary N) is 1. The van der Waals surface area contributed by atoms with Crippen molar-refractivity contribution < 1.29 is 28.7 Å². The van der Waals surface area contributed by atoms with Gasteiger partial charge in [-0.05, 0) is 43.4 Å². The van der Waals surface area contributed by atoms with Crippen molar-refractivity contribution in [2.24, 2.45) is 11.7 Å². The van der Waals surface area contributed by atoms with E-state index >= 15 is 0 Å². The summed E-state index contributed by atoms with van der Waals surface area (Å²) in [6, 6.07) is 3.73. The van der Waals surface area contributed by atoms with Crippen molar-refractivity contribution in [3.8, 4) is 5.75 Å². The van der Waals surface area contributed by atoms with Gasteiger partial charge in [0.1, 0.15) is 11.8 Å². The van der Waals surface area contributed by atoms with Crippen LogP contribution in [0.2, 0.25) is 0 Å². The minimum Gasteiger partial charge on any atom is -0.483 e. The summed E-state index contributed by atoms with van der Waals surface area (Å²) in [7, 11) is 0. The predicted molar refractivity (Wildman–Crippen MR) is 113 cm³/mol. The number of hydrogen-bond donors (Lipinski definition) is 2. The van der Waals surface area contributed by atoms with Crippen LogP contribution < -0.4 is 15.8 Å². The van der Waals surface area contributed by atoms with Crippen molar-refractivity contribution in [2.75, 3.05) is 19.7 Å². The Morgan fingerprint density at radius 1 is 1.31 bits per heavy atom. The van der Waals surface area contributed by atoms with Crippen molar-refractivity contribution in [1.29, 1.82) is 0 Å². The molecule has 3 rings (SSSR count). The molecule has 3 atom stereocenters. The number of piperidine rings is 2. The van der Waals surface area contributed by atoms with Crippen LogP contribution in [-0.4, -0.2) is 71.6 Å². The first-order chi connectivity index (χ1) is 15.2. The summed E-state index contributed by atoms with van der Waals surface area (Å²) in [5.74, 6) is -1.79. The van der Waals surface area contributed by atoms with E-state index in [0.29, 0.717) is 19.5 Å². The molecule has 32 heavy (non-hydrogen) atoms. The average molecular weight is 444 g/mol. The van der Waals surface area contributed by atoms with Gasteiger partial charge in [-0.15, -0.1) is 0 Å². The average Bonchev–Trinajstić information content (AvgIpc) is 2.75. The third-order valence-corrected chi connectivity index (χ3v) is 5.94. The molecule has 1 unspecified atom stereocenters. The Kier molecular flexibility index (Phi) is 7.24. The van der Waals surface area contributed by atoms with Crippen LogP contribution >= 0.6 is 0 Å². The second kappa shape index (κ2) is 9.90. The van der Waals surface area contributed by atoms with Gasteiger partial charge in [0, 0.05) is 25.6 Å². The van der Waals surface area contributed by atoms with E-state index in [0.717, 1.165) is 10.5 Å². The van der Waals surface area contributed by atoms with E-state index in [1.807, 2.05) is 6.92 Å². The fourth-order valence-corrected chi connectivity index (χ4v) is 3.90. The molecule has 1 aromatic carbocycles. The van der Waals surface area contributed by atoms with E-state index in [2.05, 4.69) is 5.32 Å². The summed E-state index contributed by atoms with van der Waals surface area (Å²) in [4.78, 5) is 63.4. The number of likely N-dealkylation sites (tertiary alicyclic amines) is 1. The first-order valence-electron chi connectivity index (χ1n) is 10.6. The number of carbonyl (C=O) groups excluding carboxylic acids is 5. The third-order valence-electron chi connectivity index (χ3n) is 5.94. The highest BCUT2D eigenvalue weighted by Gasteiger charge is 2.36. The molecule has 0 saturated carbocycles. The molecule has 1 aromatic rings. The molecule has 0 bridgehead atoms. The molecule has 2 aliphatic heterocycles. The summed E-state index contributed by atoms with van der Waals surface area (Å²) in [6.07, 6.45) is 1.06. The Morgan fingerprint density at radius 3 is 2.72 bits per heavy atom. The number of ether oxygens (including phenoxy) is 1. The van der Waals surface area contributed by atoms with Gasteiger partial charge in [-0.1, -0.05) is 13.0 Å². The van der Waals surface area contributed by atoms with E-state index in [-0.39, 0.29) is 55.0 Å². The lowest BCUT2D eigenvalue weighted by molar-refractivity contribution is -0.139. The number of aryl methyl sites for hydroxylation is 1. The van der Waals surface area contributed by atoms with E-state index in [4.69, 9.17) is 10.5 Å². The molecule has 0 aliphatic carbocycles. The van der Waals surface area contributed by atoms with Gasteiger partial charge in [0.05, 0.1) is 5.56 Å². The predicted octanol–water partition coefficient (Wildman–Crippen LogP) is -0.0267. The number of rotatable bonds is 6. The van der Waals surface area contributed by atoms with Crippen LogP contribution in [0, 0.1) is 12.8 Å². The lowest BCUT2D eigenvalue weighted by atomic mass is 9.95. The topological polar surface area (TPSA) is 139 Å². The zero-order chi connectivity index (χ0) is 23.4. The summed E-state index contributed by atoms with van der Waals surface area (Å²) in [5.41, 5.74) is 6.85. The van der Waals surface area contributed by atoms with E-state index in [1.54, 1.807) is 24.0 Å². The largest absolute Gasteiger partial charge is 0.483 e. The van der Waals surface area contributed by atoms with Crippen LogP contribution in [-0.2, 0) is 19.2 Å². The molecule has 0 aromatic heterocycles. The van der Waals surface area contributed by atoms with Crippen molar-refractivity contribution in [2.45, 2.75) is 45.2 Å². The van der Waals surface area contributed by atoms with Gasteiger partial charge < -0.3 is 15.4 Å². The maximum Gasteiger partial charge on any atom is 0.264 e. The third kappa shape index (κ3) is 5.13. The fourth-order valence-electron chi connectivity index (χ4n) is 3.90. The van der Waals surface area contributed by atoms with Crippen LogP contribution in [0.25, 0.3) is 0 Å². The van der Waals surface area contributed by atoms with Gasteiger partial charge in [-0.2, -0.15) is 0 Å². The molecule has 172 valence electrons. The van der Waals surface area contributed by atoms with Crippen molar-refractivity contribution >= 4 is 30.0 Å². The summed E-state index contributed by atoms with van der Waals surface area (Å²) in [5, 5.41) is 2.14. The normalized spacial score (nSPS) is 23.3. The lowest BCUT2D eigenvalue weighted by Gasteiger charge is -2.35. The molecular formula is C22H28N4O6. The second-order valence-corrected chi connectivity index (χ2v) is 8.34. The molecular weight excluding hydrogens is 416 g/mol. The van der Waals surface area contributed by atoms with E-state index in [9.17, 15) is 24.0 Å². The molecule has 5 amide bonds. The molecule has 0 spiro atoms. The van der Waals surface area contributed by atoms with Gasteiger partial charge >= 0.3 is 0 Å². The van der Waals surface area contributed by atoms with Crippen LogP contribution in [0.15, 0.2) is 18.2 Å². The Labute approximate surface area is 186 Å². The van der Waals surface area contributed by atoms with Crippen molar-refractivity contribution in [3.05, 3.63) is 29.3 Å². The molecule has 2 saturated heterocycles. The highest BCUT2D eigenvalue weighted by atomic mass is 16.5. The smallest absolute Gasteiger partial charge is 0.264 e. The van der Waals surface area contributed by atoms with Gasteiger partial charge in [-0.3, -0.25) is 34.2 Å². The monoisotopic (exact) mass is 444 g/mol. The Bertz CT molecular complexity index is 933. The number of nitrogens with one attached hydrogen (secondary N) is 1. The minimum absolute atomic E-state index is 0.0255. The van der Waals surface area contributed by atoms with Gasteiger partial charge in [0.15, 0.2) is 6.61 Å². The first-order valence-corrected chi connectivity index (χ1v) is 10.6. The standard InChI is InChI=1S/C22H28N4O6/c1-13-3-4-15(22(31)26(12-27)17-5-6-19(28)24-21(17)30)18(9-13)32-11-20(29)25-8-7-16(23)14(2)10-25/h3-4,9,12,14,16-17H,5-8,10-11,23H2,1-2H3,(H,24,28,30)/t14-,16-,17?/m0/s1. The number of imide groups is 2. The molecule has 2 fully saturated rings. The van der Waals surface area contributed by atoms with Gasteiger partial charge in [-0.25, -0.2) is 0 Å². The summed E-state index contributed by atoms with van der Waals surface area (Å²) in [6.45, 7) is 4.60. The molecule has 2 heterocycles. The molecule has 3 N–H and O–H groups in total. The highest BCUT2D eigenvalue weighted by molar-refractivity contribution is 6.08. The quantitative estimate of drug-likeness (QED) is 0.464. The van der Waals surface area contributed by atoms with Gasteiger partial charge in [0.25, 0.3) is 11.8 Å². The molecule has 10 nitrogen and oxygen atoms in total. The summed E-state index contributed by atoms with van der Waals surface area (Å²) < 4.78 is 5.70. The summed E-state index contributed by atoms with van der Waals surface area (Å²) >= 11 is 0. The van der Waals surface area contributed by atoms with Crippen LogP contribution in [0.1, 0.15) is 42.1 Å². The molecule has 0 radical (unpaired) electrons. The van der Waals surface area contributed by atoms with Crippen LogP contribution in [0.3, 0.4) is 0 Å². The van der Waals surface area contributed by atoms with E-state index < -0.39 is 23.8 Å². The van der Waals surface area contributed by atoms with Crippen LogP contribution in [0.5, 0.6) is 5.75 Å². The Morgan fingerprint density at radius 2 is 2.06 bits per heavy atom. The fraction of sp³-hybridized carbons (Fsp3) is 0.500.